The van der Waals surface area contributed by atoms with Crippen LogP contribution in [0.4, 0.5) is 19.1 Å². The van der Waals surface area contributed by atoms with Gasteiger partial charge in [-0.2, -0.15) is 0 Å². The molecular formula is C21H12F3N5O5. The largest absolute Gasteiger partial charge is 0.573 e. The second-order valence-corrected chi connectivity index (χ2v) is 6.59. The molecule has 0 saturated heterocycles. The summed E-state index contributed by atoms with van der Waals surface area (Å²) in [6.45, 7) is 0. The number of nitrogens with zero attached hydrogens (tertiary/aromatic N) is 4. The van der Waals surface area contributed by atoms with Crippen molar-refractivity contribution in [3.05, 3.63) is 72.1 Å². The summed E-state index contributed by atoms with van der Waals surface area (Å²) < 4.78 is 46.1. The molecule has 0 unspecified atom stereocenters. The number of anilines is 1. The molecule has 10 nitrogen and oxygen atoms in total. The van der Waals surface area contributed by atoms with Crippen molar-refractivity contribution in [3.8, 4) is 17.2 Å². The topological polar surface area (TPSA) is 136 Å². The maximum atomic E-state index is 12.3. The van der Waals surface area contributed by atoms with Crippen molar-refractivity contribution < 1.29 is 37.3 Å². The zero-order chi connectivity index (χ0) is 24.3. The normalized spacial score (nSPS) is 11.1. The van der Waals surface area contributed by atoms with Crippen LogP contribution in [0.25, 0.3) is 11.0 Å². The first-order valence-electron chi connectivity index (χ1n) is 9.35. The van der Waals surface area contributed by atoms with Crippen LogP contribution in [0.3, 0.4) is 0 Å². The van der Waals surface area contributed by atoms with Crippen molar-refractivity contribution in [2.75, 3.05) is 5.32 Å². The third-order valence-corrected chi connectivity index (χ3v) is 4.24. The molecular weight excluding hydrogens is 459 g/mol. The quantitative estimate of drug-likeness (QED) is 0.426. The van der Waals surface area contributed by atoms with Gasteiger partial charge in [0.2, 0.25) is 5.95 Å². The zero-order valence-corrected chi connectivity index (χ0v) is 16.8. The Morgan fingerprint density at radius 1 is 0.941 bits per heavy atom. The van der Waals surface area contributed by atoms with Gasteiger partial charge in [0.25, 0.3) is 5.91 Å². The number of ether oxygens (including phenoxy) is 2. The number of nitrogens with one attached hydrogen (secondary N) is 1. The molecule has 4 rings (SSSR count). The molecule has 0 aliphatic heterocycles. The average molecular weight is 471 g/mol. The van der Waals surface area contributed by atoms with Crippen LogP contribution < -0.4 is 14.8 Å². The molecule has 2 aromatic heterocycles. The van der Waals surface area contributed by atoms with Crippen LogP contribution in [0.15, 0.2) is 60.9 Å². The number of halogens is 3. The number of alkyl halides is 3. The van der Waals surface area contributed by atoms with Crippen LogP contribution in [-0.4, -0.2) is 43.5 Å². The summed E-state index contributed by atoms with van der Waals surface area (Å²) in [4.78, 5) is 31.5. The summed E-state index contributed by atoms with van der Waals surface area (Å²) in [5.41, 5.74) is 0.575. The van der Waals surface area contributed by atoms with E-state index >= 15 is 0 Å². The Labute approximate surface area is 188 Å². The van der Waals surface area contributed by atoms with Gasteiger partial charge in [-0.05, 0) is 36.4 Å². The second-order valence-electron chi connectivity index (χ2n) is 6.59. The van der Waals surface area contributed by atoms with E-state index in [4.69, 9.17) is 4.74 Å². The van der Waals surface area contributed by atoms with Gasteiger partial charge >= 0.3 is 12.3 Å². The van der Waals surface area contributed by atoms with Gasteiger partial charge in [0.15, 0.2) is 0 Å². The number of hydrogen-bond acceptors (Lipinski definition) is 8. The minimum absolute atomic E-state index is 0.0496. The number of rotatable bonds is 6. The van der Waals surface area contributed by atoms with Gasteiger partial charge < -0.3 is 14.6 Å². The Kier molecular flexibility index (Phi) is 5.91. The van der Waals surface area contributed by atoms with E-state index in [0.29, 0.717) is 11.0 Å². The Balaban J connectivity index is 1.48. The molecule has 34 heavy (non-hydrogen) atoms. The van der Waals surface area contributed by atoms with Crippen LogP contribution in [0, 0.1) is 0 Å². The zero-order valence-electron chi connectivity index (χ0n) is 16.8. The number of aromatic carboxylic acids is 1. The van der Waals surface area contributed by atoms with E-state index in [0.717, 1.165) is 30.5 Å². The molecule has 13 heteroatoms. The summed E-state index contributed by atoms with van der Waals surface area (Å²) in [6.07, 6.45) is -2.29. The minimum Gasteiger partial charge on any atom is -0.477 e. The Morgan fingerprint density at radius 3 is 2.38 bits per heavy atom. The van der Waals surface area contributed by atoms with Crippen LogP contribution in [0.2, 0.25) is 0 Å². The molecule has 172 valence electrons. The van der Waals surface area contributed by atoms with Gasteiger partial charge in [-0.1, -0.05) is 0 Å². The number of carbonyl (C=O) groups excluding carboxylic acids is 1. The fourth-order valence-corrected chi connectivity index (χ4v) is 2.77. The second kappa shape index (κ2) is 8.97. The molecule has 0 saturated carbocycles. The first-order valence-corrected chi connectivity index (χ1v) is 9.35. The van der Waals surface area contributed by atoms with Crippen LogP contribution >= 0.6 is 0 Å². The number of carboxylic acids is 1. The fraction of sp³-hybridized carbons (Fsp3) is 0.0476. The highest BCUT2D eigenvalue weighted by molar-refractivity contribution is 6.03. The molecule has 2 aromatic carbocycles. The highest BCUT2D eigenvalue weighted by Gasteiger charge is 2.31. The van der Waals surface area contributed by atoms with Gasteiger partial charge in [0.1, 0.15) is 28.3 Å². The van der Waals surface area contributed by atoms with Crippen molar-refractivity contribution >= 4 is 28.9 Å². The lowest BCUT2D eigenvalue weighted by Gasteiger charge is -2.10. The molecule has 0 spiro atoms. The van der Waals surface area contributed by atoms with Crippen LogP contribution in [-0.2, 0) is 0 Å². The number of aromatic nitrogens is 4. The van der Waals surface area contributed by atoms with Crippen molar-refractivity contribution in [3.63, 3.8) is 0 Å². The van der Waals surface area contributed by atoms with E-state index in [-0.39, 0.29) is 28.6 Å². The highest BCUT2D eigenvalue weighted by Crippen LogP contribution is 2.27. The van der Waals surface area contributed by atoms with Crippen LogP contribution in [0.5, 0.6) is 17.2 Å². The number of amides is 1. The molecule has 0 fully saturated rings. The molecule has 0 bridgehead atoms. The van der Waals surface area contributed by atoms with Crippen molar-refractivity contribution in [1.29, 1.82) is 0 Å². The number of carboxylic acid groups (broad SMARTS) is 1. The Bertz CT molecular complexity index is 1380. The average Bonchev–Trinajstić information content (AvgIpc) is 2.79. The summed E-state index contributed by atoms with van der Waals surface area (Å²) in [5, 5.41) is 19.4. The molecule has 1 amide bonds. The third kappa shape index (κ3) is 5.32. The Morgan fingerprint density at radius 2 is 1.68 bits per heavy atom. The van der Waals surface area contributed by atoms with Gasteiger partial charge in [0, 0.05) is 30.1 Å². The van der Waals surface area contributed by atoms with Gasteiger partial charge in [-0.15, -0.1) is 23.4 Å². The van der Waals surface area contributed by atoms with E-state index < -0.39 is 24.0 Å². The van der Waals surface area contributed by atoms with E-state index in [1.54, 1.807) is 0 Å². The van der Waals surface area contributed by atoms with Gasteiger partial charge in [-0.3, -0.25) is 15.1 Å². The molecule has 0 aliphatic carbocycles. The van der Waals surface area contributed by atoms with E-state index in [9.17, 15) is 27.9 Å². The number of fused-ring (bicyclic) bond motifs is 1. The standard InChI is InChI=1S/C21H12F3N5O5/c22-21(23,24)34-12-3-1-11(2-4-12)18(30)27-20-26-15-6-5-13(9-16(15)28-29-20)33-17-7-8-25-10-14(17)19(31)32/h1-10H,(H,31,32)(H,26,27,29,30). The number of hydrogen-bond donors (Lipinski definition) is 2. The van der Waals surface area contributed by atoms with E-state index in [2.05, 4.69) is 30.2 Å². The number of pyridine rings is 1. The smallest absolute Gasteiger partial charge is 0.477 e. The summed E-state index contributed by atoms with van der Waals surface area (Å²) in [6, 6.07) is 10.2. The predicted molar refractivity (Wildman–Crippen MR) is 110 cm³/mol. The molecule has 4 aromatic rings. The predicted octanol–water partition coefficient (Wildman–Crippen LogP) is 4.06. The summed E-state index contributed by atoms with van der Waals surface area (Å²) >= 11 is 0. The number of benzene rings is 2. The highest BCUT2D eigenvalue weighted by atomic mass is 19.4. The van der Waals surface area contributed by atoms with E-state index in [1.807, 2.05) is 0 Å². The lowest BCUT2D eigenvalue weighted by molar-refractivity contribution is -0.274. The van der Waals surface area contributed by atoms with Crippen molar-refractivity contribution in [2.24, 2.45) is 0 Å². The lowest BCUT2D eigenvalue weighted by atomic mass is 10.2. The summed E-state index contributed by atoms with van der Waals surface area (Å²) in [5.74, 6) is -2.11. The minimum atomic E-state index is -4.84. The molecule has 2 heterocycles. The Hall–Kier alpha value is -4.81. The maximum Gasteiger partial charge on any atom is 0.573 e. The monoisotopic (exact) mass is 471 g/mol. The molecule has 2 N–H and O–H groups in total. The first-order chi connectivity index (χ1) is 16.2. The van der Waals surface area contributed by atoms with Gasteiger partial charge in [-0.25, -0.2) is 9.78 Å². The lowest BCUT2D eigenvalue weighted by Crippen LogP contribution is -2.17. The van der Waals surface area contributed by atoms with E-state index in [1.165, 1.54) is 30.5 Å². The molecule has 0 radical (unpaired) electrons. The first kappa shape index (κ1) is 22.4. The number of carbonyl (C=O) groups is 2. The van der Waals surface area contributed by atoms with Crippen molar-refractivity contribution in [2.45, 2.75) is 6.36 Å². The fourth-order valence-electron chi connectivity index (χ4n) is 2.77. The van der Waals surface area contributed by atoms with Crippen LogP contribution in [0.1, 0.15) is 20.7 Å². The molecule has 0 atom stereocenters. The third-order valence-electron chi connectivity index (χ3n) is 4.24. The van der Waals surface area contributed by atoms with Crippen molar-refractivity contribution in [1.82, 2.24) is 20.2 Å². The SMILES string of the molecule is O=C(Nc1nnc2cc(Oc3ccncc3C(=O)O)ccc2n1)c1ccc(OC(F)(F)F)cc1. The maximum absolute atomic E-state index is 12.3. The molecule has 0 aliphatic rings. The van der Waals surface area contributed by atoms with Gasteiger partial charge in [0.05, 0.1) is 5.52 Å². The summed E-state index contributed by atoms with van der Waals surface area (Å²) in [7, 11) is 0.